The number of fused-ring (bicyclic) bond motifs is 2. The number of aromatic nitrogens is 5. The summed E-state index contributed by atoms with van der Waals surface area (Å²) in [5, 5.41) is 13.9. The topological polar surface area (TPSA) is 114 Å². The SMILES string of the molecule is Cc1cc(-c2cc(C(=O)N3CC(F)c4ccccc4[C@H]3C)nc3cc(-c4ccc([C@H]5C[C@@H]5C(=O)O)cc4F)nn23)ncn1. The standard InChI is InChI=1S/C32H26F2N6O3/c1-16-9-27(36-15-35-16)29-12-28(31(41)39-14-25(34)20-6-4-3-5-19(20)17(39)2)37-30-13-26(38-40(29)30)21-8-7-18(10-24(21)33)22-11-23(22)32(42)43/h3-10,12-13,15,17,22-23,25H,11,14H2,1-2H3,(H,42,43)/t17-,22-,23+,25?/m1/s1. The smallest absolute Gasteiger partial charge is 0.307 e. The molecule has 1 N–H and O–H groups in total. The van der Waals surface area contributed by atoms with Crippen molar-refractivity contribution in [3.05, 3.63) is 101 Å². The minimum Gasteiger partial charge on any atom is -0.481 e. The van der Waals surface area contributed by atoms with Gasteiger partial charge in [-0.2, -0.15) is 5.10 Å². The van der Waals surface area contributed by atoms with E-state index in [0.29, 0.717) is 34.6 Å². The minimum absolute atomic E-state index is 0.0768. The molecule has 1 unspecified atom stereocenters. The Balaban J connectivity index is 1.31. The van der Waals surface area contributed by atoms with Crippen LogP contribution in [-0.4, -0.2) is 53.0 Å². The van der Waals surface area contributed by atoms with E-state index in [1.54, 1.807) is 42.5 Å². The molecule has 1 fully saturated rings. The number of amides is 1. The number of carbonyl (C=O) groups is 2. The summed E-state index contributed by atoms with van der Waals surface area (Å²) in [7, 11) is 0. The van der Waals surface area contributed by atoms with Crippen molar-refractivity contribution in [3.63, 3.8) is 0 Å². The lowest BCUT2D eigenvalue weighted by Crippen LogP contribution is -2.40. The summed E-state index contributed by atoms with van der Waals surface area (Å²) >= 11 is 0. The molecule has 2 aromatic carbocycles. The zero-order valence-electron chi connectivity index (χ0n) is 23.3. The zero-order chi connectivity index (χ0) is 30.0. The highest BCUT2D eigenvalue weighted by Gasteiger charge is 2.44. The Kier molecular flexibility index (Phi) is 6.26. The van der Waals surface area contributed by atoms with Crippen LogP contribution in [0.3, 0.4) is 0 Å². The molecule has 4 atom stereocenters. The van der Waals surface area contributed by atoms with E-state index in [0.717, 1.165) is 5.56 Å². The highest BCUT2D eigenvalue weighted by Crippen LogP contribution is 2.48. The Morgan fingerprint density at radius 3 is 2.51 bits per heavy atom. The van der Waals surface area contributed by atoms with E-state index in [-0.39, 0.29) is 41.1 Å². The maximum Gasteiger partial charge on any atom is 0.307 e. The van der Waals surface area contributed by atoms with Crippen molar-refractivity contribution in [1.29, 1.82) is 0 Å². The average molecular weight is 581 g/mol. The average Bonchev–Trinajstić information content (AvgIpc) is 3.70. The van der Waals surface area contributed by atoms with Crippen LogP contribution in [0, 0.1) is 18.7 Å². The quantitative estimate of drug-likeness (QED) is 0.283. The summed E-state index contributed by atoms with van der Waals surface area (Å²) in [4.78, 5) is 39.8. The molecule has 1 amide bonds. The lowest BCUT2D eigenvalue weighted by Gasteiger charge is -2.36. The van der Waals surface area contributed by atoms with Gasteiger partial charge in [0.1, 0.15) is 24.0 Å². The molecule has 1 saturated carbocycles. The molecule has 4 heterocycles. The van der Waals surface area contributed by atoms with Crippen molar-refractivity contribution in [3.8, 4) is 22.6 Å². The molecule has 43 heavy (non-hydrogen) atoms. The highest BCUT2D eigenvalue weighted by atomic mass is 19.1. The van der Waals surface area contributed by atoms with E-state index in [2.05, 4.69) is 20.1 Å². The van der Waals surface area contributed by atoms with Crippen molar-refractivity contribution in [2.75, 3.05) is 6.54 Å². The van der Waals surface area contributed by atoms with Crippen molar-refractivity contribution in [1.82, 2.24) is 29.5 Å². The molecule has 7 rings (SSSR count). The van der Waals surface area contributed by atoms with E-state index in [9.17, 15) is 14.7 Å². The lowest BCUT2D eigenvalue weighted by molar-refractivity contribution is -0.138. The second-order valence-electron chi connectivity index (χ2n) is 11.1. The van der Waals surface area contributed by atoms with Crippen LogP contribution in [0.25, 0.3) is 28.3 Å². The molecule has 0 radical (unpaired) electrons. The van der Waals surface area contributed by atoms with Gasteiger partial charge in [-0.3, -0.25) is 9.59 Å². The molecule has 2 aliphatic rings. The van der Waals surface area contributed by atoms with Gasteiger partial charge in [0.25, 0.3) is 5.91 Å². The van der Waals surface area contributed by atoms with Crippen molar-refractivity contribution in [2.45, 2.75) is 38.4 Å². The predicted octanol–water partition coefficient (Wildman–Crippen LogP) is 5.72. The van der Waals surface area contributed by atoms with Crippen LogP contribution >= 0.6 is 0 Å². The Morgan fingerprint density at radius 1 is 1.00 bits per heavy atom. The van der Waals surface area contributed by atoms with E-state index in [1.807, 2.05) is 26.0 Å². The molecule has 9 nitrogen and oxygen atoms in total. The summed E-state index contributed by atoms with van der Waals surface area (Å²) in [6.07, 6.45) is 0.550. The normalized spacial score (nSPS) is 21.1. The second kappa shape index (κ2) is 10.0. The Bertz CT molecular complexity index is 1940. The first-order chi connectivity index (χ1) is 20.7. The monoisotopic (exact) mass is 580 g/mol. The van der Waals surface area contributed by atoms with Gasteiger partial charge in [0.05, 0.1) is 35.6 Å². The van der Waals surface area contributed by atoms with Gasteiger partial charge < -0.3 is 10.0 Å². The van der Waals surface area contributed by atoms with Crippen LogP contribution in [0.4, 0.5) is 8.78 Å². The first kappa shape index (κ1) is 26.8. The van der Waals surface area contributed by atoms with E-state index < -0.39 is 29.8 Å². The van der Waals surface area contributed by atoms with Crippen LogP contribution in [0.15, 0.2) is 67.0 Å². The number of hydrogen-bond donors (Lipinski definition) is 1. The third-order valence-corrected chi connectivity index (χ3v) is 8.39. The van der Waals surface area contributed by atoms with Gasteiger partial charge in [-0.25, -0.2) is 28.2 Å². The summed E-state index contributed by atoms with van der Waals surface area (Å²) < 4.78 is 32.0. The number of rotatable bonds is 5. The molecule has 1 aliphatic carbocycles. The number of benzene rings is 2. The number of hydrogen-bond acceptors (Lipinski definition) is 6. The number of carboxylic acid groups (broad SMARTS) is 1. The van der Waals surface area contributed by atoms with E-state index in [4.69, 9.17) is 0 Å². The molecule has 0 saturated heterocycles. The van der Waals surface area contributed by atoms with Gasteiger partial charge in [-0.15, -0.1) is 0 Å². The fourth-order valence-corrected chi connectivity index (χ4v) is 5.98. The van der Waals surface area contributed by atoms with Gasteiger partial charge in [-0.05, 0) is 67.1 Å². The van der Waals surface area contributed by atoms with Crippen molar-refractivity contribution >= 4 is 17.5 Å². The Morgan fingerprint density at radius 2 is 1.79 bits per heavy atom. The molecule has 3 aromatic heterocycles. The Labute approximate surface area is 244 Å². The van der Waals surface area contributed by atoms with Crippen LogP contribution < -0.4 is 0 Å². The predicted molar refractivity (Wildman–Crippen MR) is 152 cm³/mol. The molecule has 5 aromatic rings. The highest BCUT2D eigenvalue weighted by molar-refractivity contribution is 5.94. The van der Waals surface area contributed by atoms with Crippen molar-refractivity contribution < 1.29 is 23.5 Å². The van der Waals surface area contributed by atoms with E-state index in [1.165, 1.54) is 21.8 Å². The molecular formula is C32H26F2N6O3. The minimum atomic E-state index is -1.34. The number of aliphatic carboxylic acids is 1. The maximum atomic E-state index is 15.4. The number of aryl methyl sites for hydroxylation is 1. The van der Waals surface area contributed by atoms with Crippen molar-refractivity contribution in [2.24, 2.45) is 5.92 Å². The van der Waals surface area contributed by atoms with Crippen LogP contribution in [0.2, 0.25) is 0 Å². The summed E-state index contributed by atoms with van der Waals surface area (Å²) in [6, 6.07) is 16.3. The lowest BCUT2D eigenvalue weighted by atomic mass is 9.92. The van der Waals surface area contributed by atoms with Gasteiger partial charge in [0.2, 0.25) is 0 Å². The third kappa shape index (κ3) is 4.61. The molecule has 0 bridgehead atoms. The van der Waals surface area contributed by atoms with Gasteiger partial charge >= 0.3 is 5.97 Å². The molecular weight excluding hydrogens is 554 g/mol. The third-order valence-electron chi connectivity index (χ3n) is 8.39. The van der Waals surface area contributed by atoms with Gasteiger partial charge in [0.15, 0.2) is 5.65 Å². The fraction of sp³-hybridized carbons (Fsp3) is 0.250. The number of nitrogens with zero attached hydrogens (tertiary/aromatic N) is 6. The summed E-state index contributed by atoms with van der Waals surface area (Å²) in [6.45, 7) is 3.56. The molecule has 0 spiro atoms. The number of halogens is 2. The number of carbonyl (C=O) groups excluding carboxylic acids is 1. The van der Waals surface area contributed by atoms with Crippen LogP contribution in [-0.2, 0) is 4.79 Å². The zero-order valence-corrected chi connectivity index (χ0v) is 23.3. The molecule has 11 heteroatoms. The van der Waals surface area contributed by atoms with Gasteiger partial charge in [-0.1, -0.05) is 30.3 Å². The maximum absolute atomic E-state index is 15.4. The van der Waals surface area contributed by atoms with E-state index >= 15 is 8.78 Å². The number of carboxylic acids is 1. The first-order valence-electron chi connectivity index (χ1n) is 14.0. The number of alkyl halides is 1. The molecule has 216 valence electrons. The summed E-state index contributed by atoms with van der Waals surface area (Å²) in [5.41, 5.74) is 4.41. The van der Waals surface area contributed by atoms with Crippen LogP contribution in [0.1, 0.15) is 64.3 Å². The Hall–Kier alpha value is -5.06. The van der Waals surface area contributed by atoms with Gasteiger partial charge in [0, 0.05) is 17.3 Å². The van der Waals surface area contributed by atoms with Crippen LogP contribution in [0.5, 0.6) is 0 Å². The molecule has 1 aliphatic heterocycles. The largest absolute Gasteiger partial charge is 0.481 e. The second-order valence-corrected chi connectivity index (χ2v) is 11.1. The fourth-order valence-electron chi connectivity index (χ4n) is 5.98. The summed E-state index contributed by atoms with van der Waals surface area (Å²) in [5.74, 6) is -2.58. The first-order valence-corrected chi connectivity index (χ1v) is 14.0.